The number of carbonyl (C=O) groups excluding carboxylic acids is 2. The summed E-state index contributed by atoms with van der Waals surface area (Å²) in [5.74, 6) is -0.0976. The van der Waals surface area contributed by atoms with Gasteiger partial charge in [0, 0.05) is 14.2 Å². The van der Waals surface area contributed by atoms with Gasteiger partial charge < -0.3 is 14.8 Å². The van der Waals surface area contributed by atoms with Crippen molar-refractivity contribution in [1.29, 1.82) is 0 Å². The fourth-order valence-corrected chi connectivity index (χ4v) is 2.79. The van der Waals surface area contributed by atoms with Crippen molar-refractivity contribution in [3.63, 3.8) is 0 Å². The maximum absolute atomic E-state index is 11.9. The molecule has 1 fully saturated rings. The number of thioether (sulfide) groups is 1. The average molecular weight is 306 g/mol. The zero-order valence-electron chi connectivity index (χ0n) is 11.2. The van der Waals surface area contributed by atoms with Crippen molar-refractivity contribution in [2.45, 2.75) is 25.7 Å². The number of amides is 2. The van der Waals surface area contributed by atoms with Gasteiger partial charge in [0.1, 0.15) is 10.9 Å². The summed E-state index contributed by atoms with van der Waals surface area (Å²) in [5.41, 5.74) is 0. The van der Waals surface area contributed by atoms with E-state index >= 15 is 0 Å². The third kappa shape index (κ3) is 4.41. The first-order valence-electron chi connectivity index (χ1n) is 5.85. The van der Waals surface area contributed by atoms with Gasteiger partial charge >= 0.3 is 0 Å². The Balaban J connectivity index is 2.53. The van der Waals surface area contributed by atoms with Crippen LogP contribution in [0.5, 0.6) is 0 Å². The van der Waals surface area contributed by atoms with Gasteiger partial charge in [0.25, 0.3) is 0 Å². The molecule has 1 aliphatic heterocycles. The smallest absolute Gasteiger partial charge is 0.240 e. The minimum absolute atomic E-state index is 0.0543. The molecule has 2 amide bonds. The molecule has 1 atom stereocenters. The molecule has 1 unspecified atom stereocenters. The minimum atomic E-state index is -0.510. The fraction of sp³-hybridized carbons (Fsp3) is 0.727. The van der Waals surface area contributed by atoms with Crippen LogP contribution in [-0.4, -0.2) is 59.9 Å². The number of carbonyl (C=O) groups is 2. The van der Waals surface area contributed by atoms with E-state index in [-0.39, 0.29) is 24.4 Å². The van der Waals surface area contributed by atoms with Gasteiger partial charge in [-0.15, -0.1) is 0 Å². The van der Waals surface area contributed by atoms with Crippen molar-refractivity contribution in [3.05, 3.63) is 0 Å². The van der Waals surface area contributed by atoms with Crippen molar-refractivity contribution in [3.8, 4) is 0 Å². The second-order valence-corrected chi connectivity index (χ2v) is 5.57. The van der Waals surface area contributed by atoms with E-state index in [1.807, 2.05) is 6.92 Å². The van der Waals surface area contributed by atoms with Crippen molar-refractivity contribution in [2.75, 3.05) is 26.5 Å². The van der Waals surface area contributed by atoms with Gasteiger partial charge in [0.05, 0.1) is 11.8 Å². The second kappa shape index (κ2) is 7.78. The SMILES string of the molecule is CCC(NC(=O)CN1C(=O)CSC1=S)C(OC)OC. The lowest BCUT2D eigenvalue weighted by Gasteiger charge is -2.25. The highest BCUT2D eigenvalue weighted by Crippen LogP contribution is 2.18. The summed E-state index contributed by atoms with van der Waals surface area (Å²) in [4.78, 5) is 24.7. The first-order valence-corrected chi connectivity index (χ1v) is 7.24. The van der Waals surface area contributed by atoms with Crippen LogP contribution in [0.15, 0.2) is 0 Å². The van der Waals surface area contributed by atoms with E-state index in [2.05, 4.69) is 5.32 Å². The molecule has 6 nitrogen and oxygen atoms in total. The predicted octanol–water partition coefficient (Wildman–Crippen LogP) is 0.360. The lowest BCUT2D eigenvalue weighted by molar-refractivity contribution is -0.140. The highest BCUT2D eigenvalue weighted by Gasteiger charge is 2.29. The Morgan fingerprint density at radius 2 is 2.16 bits per heavy atom. The Labute approximate surface area is 122 Å². The number of nitrogens with zero attached hydrogens (tertiary/aromatic N) is 1. The number of nitrogens with one attached hydrogen (secondary N) is 1. The predicted molar refractivity (Wildman–Crippen MR) is 76.8 cm³/mol. The van der Waals surface area contributed by atoms with Gasteiger partial charge in [0.2, 0.25) is 11.8 Å². The maximum Gasteiger partial charge on any atom is 0.240 e. The Hall–Kier alpha value is -0.700. The number of rotatable bonds is 7. The third-order valence-corrected chi connectivity index (χ3v) is 4.15. The summed E-state index contributed by atoms with van der Waals surface area (Å²) >= 11 is 6.29. The van der Waals surface area contributed by atoms with E-state index in [0.29, 0.717) is 16.5 Å². The van der Waals surface area contributed by atoms with Crippen LogP contribution < -0.4 is 5.32 Å². The molecule has 1 aliphatic rings. The third-order valence-electron chi connectivity index (χ3n) is 2.72. The van der Waals surface area contributed by atoms with Gasteiger partial charge in [-0.05, 0) is 6.42 Å². The number of hydrogen-bond acceptors (Lipinski definition) is 6. The molecule has 0 aliphatic carbocycles. The van der Waals surface area contributed by atoms with Gasteiger partial charge in [-0.1, -0.05) is 30.9 Å². The Morgan fingerprint density at radius 1 is 1.53 bits per heavy atom. The average Bonchev–Trinajstić information content (AvgIpc) is 2.70. The van der Waals surface area contributed by atoms with E-state index in [1.54, 1.807) is 0 Å². The first-order chi connectivity index (χ1) is 9.03. The molecule has 1 N–H and O–H groups in total. The standard InChI is InChI=1S/C11H18N2O4S2/c1-4-7(10(16-2)17-3)12-8(14)5-13-9(15)6-19-11(13)18/h7,10H,4-6H2,1-3H3,(H,12,14). The lowest BCUT2D eigenvalue weighted by atomic mass is 10.2. The molecule has 8 heteroatoms. The van der Waals surface area contributed by atoms with Crippen LogP contribution in [0.1, 0.15) is 13.3 Å². The second-order valence-electron chi connectivity index (χ2n) is 3.96. The van der Waals surface area contributed by atoms with E-state index in [0.717, 1.165) is 0 Å². The molecule has 19 heavy (non-hydrogen) atoms. The Bertz CT molecular complexity index is 345. The Morgan fingerprint density at radius 3 is 2.58 bits per heavy atom. The van der Waals surface area contributed by atoms with Crippen molar-refractivity contribution in [1.82, 2.24) is 10.2 Å². The topological polar surface area (TPSA) is 67.9 Å². The number of hydrogen-bond donors (Lipinski definition) is 1. The molecule has 108 valence electrons. The maximum atomic E-state index is 11.9. The molecule has 0 aromatic carbocycles. The molecule has 0 aromatic heterocycles. The normalized spacial score (nSPS) is 17.2. The molecule has 0 spiro atoms. The summed E-state index contributed by atoms with van der Waals surface area (Å²) in [6, 6.07) is -0.263. The zero-order valence-corrected chi connectivity index (χ0v) is 12.8. The van der Waals surface area contributed by atoms with Crippen LogP contribution in [-0.2, 0) is 19.1 Å². The van der Waals surface area contributed by atoms with Gasteiger partial charge in [-0.3, -0.25) is 14.5 Å². The Kier molecular flexibility index (Phi) is 6.70. The van der Waals surface area contributed by atoms with Crippen LogP contribution in [0.25, 0.3) is 0 Å². The van der Waals surface area contributed by atoms with Crippen molar-refractivity contribution >= 4 is 40.1 Å². The highest BCUT2D eigenvalue weighted by atomic mass is 32.2. The molecule has 0 aromatic rings. The highest BCUT2D eigenvalue weighted by molar-refractivity contribution is 8.23. The van der Waals surface area contributed by atoms with E-state index in [1.165, 1.54) is 30.9 Å². The minimum Gasteiger partial charge on any atom is -0.354 e. The monoisotopic (exact) mass is 306 g/mol. The van der Waals surface area contributed by atoms with Gasteiger partial charge in [0.15, 0.2) is 6.29 Å². The number of methoxy groups -OCH3 is 2. The molecular weight excluding hydrogens is 288 g/mol. The lowest BCUT2D eigenvalue weighted by Crippen LogP contribution is -2.48. The summed E-state index contributed by atoms with van der Waals surface area (Å²) in [6.07, 6.45) is 0.148. The van der Waals surface area contributed by atoms with Crippen LogP contribution in [0.3, 0.4) is 0 Å². The summed E-state index contributed by atoms with van der Waals surface area (Å²) < 4.78 is 10.7. The quantitative estimate of drug-likeness (QED) is 0.541. The zero-order chi connectivity index (χ0) is 14.4. The summed E-state index contributed by atoms with van der Waals surface area (Å²) in [6.45, 7) is 1.86. The summed E-state index contributed by atoms with van der Waals surface area (Å²) in [5, 5.41) is 2.78. The molecule has 1 saturated heterocycles. The summed E-state index contributed by atoms with van der Waals surface area (Å²) in [7, 11) is 3.03. The van der Waals surface area contributed by atoms with Gasteiger partial charge in [-0.2, -0.15) is 0 Å². The number of ether oxygens (including phenoxy) is 2. The van der Waals surface area contributed by atoms with E-state index in [9.17, 15) is 9.59 Å². The van der Waals surface area contributed by atoms with Crippen LogP contribution in [0.2, 0.25) is 0 Å². The van der Waals surface area contributed by atoms with Crippen molar-refractivity contribution in [2.24, 2.45) is 0 Å². The number of thiocarbonyl (C=S) groups is 1. The molecular formula is C11H18N2O4S2. The molecule has 0 bridgehead atoms. The van der Waals surface area contributed by atoms with E-state index in [4.69, 9.17) is 21.7 Å². The largest absolute Gasteiger partial charge is 0.354 e. The molecule has 1 rings (SSSR count). The fourth-order valence-electron chi connectivity index (χ4n) is 1.72. The van der Waals surface area contributed by atoms with Gasteiger partial charge in [-0.25, -0.2) is 0 Å². The molecule has 1 heterocycles. The van der Waals surface area contributed by atoms with Crippen LogP contribution in [0, 0.1) is 0 Å². The van der Waals surface area contributed by atoms with Crippen molar-refractivity contribution < 1.29 is 19.1 Å². The van der Waals surface area contributed by atoms with E-state index < -0.39 is 6.29 Å². The van der Waals surface area contributed by atoms with Crippen LogP contribution in [0.4, 0.5) is 0 Å². The van der Waals surface area contributed by atoms with Crippen LogP contribution >= 0.6 is 24.0 Å². The first kappa shape index (κ1) is 16.4. The molecule has 0 radical (unpaired) electrons. The molecule has 0 saturated carbocycles.